The summed E-state index contributed by atoms with van der Waals surface area (Å²) in [5, 5.41) is 4.55. The Balaban J connectivity index is 1.60. The fraction of sp³-hybridized carbons (Fsp3) is 0.304. The molecule has 1 aliphatic rings. The van der Waals surface area contributed by atoms with E-state index < -0.39 is 0 Å². The van der Waals surface area contributed by atoms with Gasteiger partial charge in [0.05, 0.1) is 5.69 Å². The molecule has 2 heterocycles. The van der Waals surface area contributed by atoms with Crippen molar-refractivity contribution in [2.24, 2.45) is 5.92 Å². The lowest BCUT2D eigenvalue weighted by atomic mass is 9.95. The van der Waals surface area contributed by atoms with Crippen molar-refractivity contribution in [2.75, 3.05) is 27.2 Å². The van der Waals surface area contributed by atoms with E-state index in [-0.39, 0.29) is 23.6 Å². The Bertz CT molecular complexity index is 965. The molecule has 1 aliphatic heterocycles. The minimum atomic E-state index is -0.197. The van der Waals surface area contributed by atoms with Crippen molar-refractivity contribution in [1.82, 2.24) is 24.6 Å². The molecule has 3 aromatic rings. The van der Waals surface area contributed by atoms with E-state index in [0.717, 1.165) is 11.3 Å². The fourth-order valence-electron chi connectivity index (χ4n) is 3.76. The molecule has 0 aliphatic carbocycles. The summed E-state index contributed by atoms with van der Waals surface area (Å²) < 4.78 is 1.71. The van der Waals surface area contributed by atoms with Crippen LogP contribution in [0.4, 0.5) is 0 Å². The average molecular weight is 403 g/mol. The molecule has 0 saturated carbocycles. The number of amides is 2. The first-order valence-electron chi connectivity index (χ1n) is 10.1. The fourth-order valence-corrected chi connectivity index (χ4v) is 3.76. The van der Waals surface area contributed by atoms with E-state index in [0.29, 0.717) is 31.8 Å². The summed E-state index contributed by atoms with van der Waals surface area (Å²) in [4.78, 5) is 33.3. The SMILES string of the molecule is CN(C)C(=O)C1CCN(C(=O)c2nc(-c3ccccc3)n(-c3ccccc3)n2)CC1. The summed E-state index contributed by atoms with van der Waals surface area (Å²) in [7, 11) is 3.54. The Morgan fingerprint density at radius 3 is 2.13 bits per heavy atom. The molecule has 0 spiro atoms. The molecule has 2 amide bonds. The van der Waals surface area contributed by atoms with Crippen LogP contribution in [0.5, 0.6) is 0 Å². The lowest BCUT2D eigenvalue weighted by molar-refractivity contribution is -0.134. The van der Waals surface area contributed by atoms with E-state index in [1.807, 2.05) is 60.7 Å². The molecule has 1 aromatic heterocycles. The van der Waals surface area contributed by atoms with Gasteiger partial charge in [0, 0.05) is 38.7 Å². The number of carbonyl (C=O) groups excluding carboxylic acids is 2. The molecule has 4 rings (SSSR count). The second-order valence-electron chi connectivity index (χ2n) is 7.67. The minimum Gasteiger partial charge on any atom is -0.349 e. The lowest BCUT2D eigenvalue weighted by Crippen LogP contribution is -2.43. The van der Waals surface area contributed by atoms with Crippen molar-refractivity contribution >= 4 is 11.8 Å². The summed E-state index contributed by atoms with van der Waals surface area (Å²) in [6.07, 6.45) is 1.32. The molecular formula is C23H25N5O2. The Morgan fingerprint density at radius 1 is 0.933 bits per heavy atom. The van der Waals surface area contributed by atoms with E-state index in [9.17, 15) is 9.59 Å². The van der Waals surface area contributed by atoms with Gasteiger partial charge in [-0.05, 0) is 25.0 Å². The number of rotatable bonds is 4. The second kappa shape index (κ2) is 8.49. The van der Waals surface area contributed by atoms with Gasteiger partial charge < -0.3 is 9.80 Å². The Labute approximate surface area is 175 Å². The quantitative estimate of drug-likeness (QED) is 0.672. The van der Waals surface area contributed by atoms with Gasteiger partial charge in [-0.3, -0.25) is 9.59 Å². The number of aromatic nitrogens is 3. The van der Waals surface area contributed by atoms with Gasteiger partial charge in [-0.1, -0.05) is 48.5 Å². The van der Waals surface area contributed by atoms with Crippen LogP contribution in [0.2, 0.25) is 0 Å². The van der Waals surface area contributed by atoms with E-state index in [1.165, 1.54) is 0 Å². The van der Waals surface area contributed by atoms with Gasteiger partial charge in [-0.25, -0.2) is 9.67 Å². The molecule has 1 saturated heterocycles. The topological polar surface area (TPSA) is 71.3 Å². The van der Waals surface area contributed by atoms with Crippen LogP contribution in [-0.4, -0.2) is 63.6 Å². The van der Waals surface area contributed by atoms with Crippen LogP contribution in [0, 0.1) is 5.92 Å². The van der Waals surface area contributed by atoms with Crippen LogP contribution < -0.4 is 0 Å². The van der Waals surface area contributed by atoms with Crippen LogP contribution in [0.1, 0.15) is 23.5 Å². The van der Waals surface area contributed by atoms with Crippen LogP contribution in [0.15, 0.2) is 60.7 Å². The van der Waals surface area contributed by atoms with E-state index in [4.69, 9.17) is 0 Å². The highest BCUT2D eigenvalue weighted by Gasteiger charge is 2.30. The summed E-state index contributed by atoms with van der Waals surface area (Å²) in [5.41, 5.74) is 1.74. The Hall–Kier alpha value is -3.48. The molecule has 7 nitrogen and oxygen atoms in total. The van der Waals surface area contributed by atoms with Crippen molar-refractivity contribution in [2.45, 2.75) is 12.8 Å². The number of hydrogen-bond acceptors (Lipinski definition) is 4. The van der Waals surface area contributed by atoms with Gasteiger partial charge in [0.15, 0.2) is 5.82 Å². The van der Waals surface area contributed by atoms with Crippen LogP contribution in [0.25, 0.3) is 17.1 Å². The predicted molar refractivity (Wildman–Crippen MR) is 114 cm³/mol. The van der Waals surface area contributed by atoms with Gasteiger partial charge in [-0.15, -0.1) is 5.10 Å². The zero-order valence-electron chi connectivity index (χ0n) is 17.2. The highest BCUT2D eigenvalue weighted by molar-refractivity contribution is 5.91. The number of carbonyl (C=O) groups is 2. The number of piperidine rings is 1. The third-order valence-corrected chi connectivity index (χ3v) is 5.40. The molecule has 0 bridgehead atoms. The van der Waals surface area contributed by atoms with Gasteiger partial charge in [-0.2, -0.15) is 0 Å². The highest BCUT2D eigenvalue weighted by atomic mass is 16.2. The Morgan fingerprint density at radius 2 is 1.53 bits per heavy atom. The number of para-hydroxylation sites is 1. The number of nitrogens with zero attached hydrogens (tertiary/aromatic N) is 5. The molecule has 2 aromatic carbocycles. The van der Waals surface area contributed by atoms with Crippen molar-refractivity contribution in [1.29, 1.82) is 0 Å². The maximum absolute atomic E-state index is 13.1. The normalized spacial score (nSPS) is 14.5. The summed E-state index contributed by atoms with van der Waals surface area (Å²) in [6.45, 7) is 1.06. The third-order valence-electron chi connectivity index (χ3n) is 5.40. The molecule has 0 N–H and O–H groups in total. The number of likely N-dealkylation sites (tertiary alicyclic amines) is 1. The average Bonchev–Trinajstić information content (AvgIpc) is 3.25. The zero-order valence-corrected chi connectivity index (χ0v) is 17.2. The zero-order chi connectivity index (χ0) is 21.1. The molecule has 0 radical (unpaired) electrons. The molecule has 0 atom stereocenters. The van der Waals surface area contributed by atoms with Crippen LogP contribution in [0.3, 0.4) is 0 Å². The van der Waals surface area contributed by atoms with Gasteiger partial charge in [0.1, 0.15) is 0 Å². The first-order valence-corrected chi connectivity index (χ1v) is 10.1. The van der Waals surface area contributed by atoms with Crippen LogP contribution in [-0.2, 0) is 4.79 Å². The summed E-state index contributed by atoms with van der Waals surface area (Å²) in [5.74, 6) is 0.703. The lowest BCUT2D eigenvalue weighted by Gasteiger charge is -2.31. The highest BCUT2D eigenvalue weighted by Crippen LogP contribution is 2.23. The van der Waals surface area contributed by atoms with Gasteiger partial charge in [0.2, 0.25) is 11.7 Å². The summed E-state index contributed by atoms with van der Waals surface area (Å²) in [6, 6.07) is 19.4. The van der Waals surface area contributed by atoms with Crippen molar-refractivity contribution in [3.05, 3.63) is 66.5 Å². The largest absolute Gasteiger partial charge is 0.349 e. The number of hydrogen-bond donors (Lipinski definition) is 0. The first-order chi connectivity index (χ1) is 14.5. The van der Waals surface area contributed by atoms with Crippen molar-refractivity contribution in [3.8, 4) is 17.1 Å². The smallest absolute Gasteiger partial charge is 0.293 e. The Kier molecular flexibility index (Phi) is 5.61. The second-order valence-corrected chi connectivity index (χ2v) is 7.67. The molecule has 1 fully saturated rings. The molecule has 154 valence electrons. The van der Waals surface area contributed by atoms with Crippen molar-refractivity contribution < 1.29 is 9.59 Å². The van der Waals surface area contributed by atoms with Gasteiger partial charge >= 0.3 is 0 Å². The molecule has 30 heavy (non-hydrogen) atoms. The maximum Gasteiger partial charge on any atom is 0.293 e. The standard InChI is InChI=1S/C23H25N5O2/c1-26(2)22(29)18-13-15-27(16-14-18)23(30)20-24-21(17-9-5-3-6-10-17)28(25-20)19-11-7-4-8-12-19/h3-12,18H,13-16H2,1-2H3. The monoisotopic (exact) mass is 403 g/mol. The molecule has 7 heteroatoms. The number of benzene rings is 2. The predicted octanol–water partition coefficient (Wildman–Crippen LogP) is 2.87. The minimum absolute atomic E-state index is 0.0289. The van der Waals surface area contributed by atoms with E-state index in [1.54, 1.807) is 28.6 Å². The van der Waals surface area contributed by atoms with Crippen molar-refractivity contribution in [3.63, 3.8) is 0 Å². The summed E-state index contributed by atoms with van der Waals surface area (Å²) >= 11 is 0. The molecule has 0 unspecified atom stereocenters. The van der Waals surface area contributed by atoms with Gasteiger partial charge in [0.25, 0.3) is 5.91 Å². The maximum atomic E-state index is 13.1. The molecular weight excluding hydrogens is 378 g/mol. The van der Waals surface area contributed by atoms with Crippen LogP contribution >= 0.6 is 0 Å². The first kappa shape index (κ1) is 19.8. The third kappa shape index (κ3) is 3.96. The van der Waals surface area contributed by atoms with E-state index >= 15 is 0 Å². The van der Waals surface area contributed by atoms with E-state index in [2.05, 4.69) is 10.1 Å².